The minimum Gasteiger partial charge on any atom is -0.494 e. The summed E-state index contributed by atoms with van der Waals surface area (Å²) in [5, 5.41) is 3.20. The standard InChI is InChI=1S/C13H20FNO/c1-3-4-5-6-9-15-11-7-8-13(16-2)12(14)10-11/h7-8,10,15H,3-6,9H2,1-2H3. The smallest absolute Gasteiger partial charge is 0.167 e. The van der Waals surface area contributed by atoms with Crippen LogP contribution in [0.4, 0.5) is 10.1 Å². The Morgan fingerprint density at radius 3 is 2.69 bits per heavy atom. The van der Waals surface area contributed by atoms with E-state index in [9.17, 15) is 4.39 Å². The third kappa shape index (κ3) is 4.09. The van der Waals surface area contributed by atoms with Crippen molar-refractivity contribution in [2.24, 2.45) is 0 Å². The summed E-state index contributed by atoms with van der Waals surface area (Å²) in [6.07, 6.45) is 4.85. The molecule has 0 radical (unpaired) electrons. The van der Waals surface area contributed by atoms with E-state index in [1.807, 2.05) is 6.07 Å². The largest absolute Gasteiger partial charge is 0.494 e. The average molecular weight is 225 g/mol. The van der Waals surface area contributed by atoms with Crippen molar-refractivity contribution in [1.29, 1.82) is 0 Å². The lowest BCUT2D eigenvalue weighted by Crippen LogP contribution is -2.02. The van der Waals surface area contributed by atoms with Gasteiger partial charge in [0.2, 0.25) is 0 Å². The number of ether oxygens (including phenoxy) is 1. The van der Waals surface area contributed by atoms with Crippen molar-refractivity contribution in [3.05, 3.63) is 24.0 Å². The van der Waals surface area contributed by atoms with Crippen LogP contribution >= 0.6 is 0 Å². The first kappa shape index (κ1) is 12.8. The summed E-state index contributed by atoms with van der Waals surface area (Å²) in [6, 6.07) is 4.95. The van der Waals surface area contributed by atoms with Gasteiger partial charge in [0.15, 0.2) is 11.6 Å². The number of anilines is 1. The lowest BCUT2D eigenvalue weighted by Gasteiger charge is -2.08. The predicted molar refractivity (Wildman–Crippen MR) is 65.6 cm³/mol. The molecule has 2 nitrogen and oxygen atoms in total. The van der Waals surface area contributed by atoms with Gasteiger partial charge in [-0.15, -0.1) is 0 Å². The number of hydrogen-bond donors (Lipinski definition) is 1. The highest BCUT2D eigenvalue weighted by atomic mass is 19.1. The van der Waals surface area contributed by atoms with Crippen molar-refractivity contribution < 1.29 is 9.13 Å². The lowest BCUT2D eigenvalue weighted by molar-refractivity contribution is 0.386. The minimum absolute atomic E-state index is 0.288. The van der Waals surface area contributed by atoms with Crippen molar-refractivity contribution in [3.8, 4) is 5.75 Å². The molecular formula is C13H20FNO. The normalized spacial score (nSPS) is 10.2. The van der Waals surface area contributed by atoms with Crippen LogP contribution in [0.1, 0.15) is 32.6 Å². The zero-order valence-electron chi connectivity index (χ0n) is 10.1. The monoisotopic (exact) mass is 225 g/mol. The molecule has 1 N–H and O–H groups in total. The van der Waals surface area contributed by atoms with Gasteiger partial charge in [0, 0.05) is 18.3 Å². The number of nitrogens with one attached hydrogen (secondary N) is 1. The Bertz CT molecular complexity index is 315. The van der Waals surface area contributed by atoms with Gasteiger partial charge in [0.1, 0.15) is 0 Å². The molecule has 90 valence electrons. The molecule has 0 fully saturated rings. The molecule has 1 rings (SSSR count). The molecule has 0 saturated carbocycles. The predicted octanol–water partition coefficient (Wildman–Crippen LogP) is 3.83. The SMILES string of the molecule is CCCCCCNc1ccc(OC)c(F)c1. The summed E-state index contributed by atoms with van der Waals surface area (Å²) >= 11 is 0. The third-order valence-electron chi connectivity index (χ3n) is 2.51. The van der Waals surface area contributed by atoms with Crippen LogP contribution in [0, 0.1) is 5.82 Å². The summed E-state index contributed by atoms with van der Waals surface area (Å²) < 4.78 is 18.2. The molecule has 0 aromatic heterocycles. The second-order valence-electron chi connectivity index (χ2n) is 3.84. The number of unbranched alkanes of at least 4 members (excludes halogenated alkanes) is 3. The molecule has 1 aromatic rings. The van der Waals surface area contributed by atoms with E-state index in [1.165, 1.54) is 32.4 Å². The summed E-state index contributed by atoms with van der Waals surface area (Å²) in [5.41, 5.74) is 0.815. The van der Waals surface area contributed by atoms with Crippen molar-refractivity contribution >= 4 is 5.69 Å². The van der Waals surface area contributed by atoms with E-state index in [2.05, 4.69) is 12.2 Å². The molecule has 0 aliphatic carbocycles. The first-order valence-corrected chi connectivity index (χ1v) is 5.85. The Hall–Kier alpha value is -1.25. The number of benzene rings is 1. The second kappa shape index (κ2) is 7.09. The lowest BCUT2D eigenvalue weighted by atomic mass is 10.2. The first-order valence-electron chi connectivity index (χ1n) is 5.85. The van der Waals surface area contributed by atoms with Crippen LogP contribution in [0.25, 0.3) is 0 Å². The fraction of sp³-hybridized carbons (Fsp3) is 0.538. The van der Waals surface area contributed by atoms with E-state index < -0.39 is 0 Å². The van der Waals surface area contributed by atoms with Gasteiger partial charge < -0.3 is 10.1 Å². The van der Waals surface area contributed by atoms with E-state index in [4.69, 9.17) is 4.74 Å². The van der Waals surface area contributed by atoms with Gasteiger partial charge in [-0.05, 0) is 18.6 Å². The summed E-state index contributed by atoms with van der Waals surface area (Å²) in [6.45, 7) is 3.08. The Morgan fingerprint density at radius 1 is 1.25 bits per heavy atom. The molecule has 0 bridgehead atoms. The molecule has 0 unspecified atom stereocenters. The van der Waals surface area contributed by atoms with Crippen molar-refractivity contribution in [2.45, 2.75) is 32.6 Å². The maximum atomic E-state index is 13.3. The first-order chi connectivity index (χ1) is 7.77. The van der Waals surface area contributed by atoms with Gasteiger partial charge in [-0.1, -0.05) is 26.2 Å². The number of halogens is 1. The fourth-order valence-electron chi connectivity index (χ4n) is 1.56. The molecule has 0 spiro atoms. The highest BCUT2D eigenvalue weighted by molar-refractivity contribution is 5.47. The van der Waals surface area contributed by atoms with E-state index in [1.54, 1.807) is 6.07 Å². The van der Waals surface area contributed by atoms with Crippen molar-refractivity contribution in [1.82, 2.24) is 0 Å². The summed E-state index contributed by atoms with van der Waals surface area (Å²) in [7, 11) is 1.47. The fourth-order valence-corrected chi connectivity index (χ4v) is 1.56. The topological polar surface area (TPSA) is 21.3 Å². The van der Waals surface area contributed by atoms with Gasteiger partial charge in [0.25, 0.3) is 0 Å². The van der Waals surface area contributed by atoms with E-state index in [0.717, 1.165) is 18.7 Å². The van der Waals surface area contributed by atoms with Crippen LogP contribution < -0.4 is 10.1 Å². The number of methoxy groups -OCH3 is 1. The second-order valence-corrected chi connectivity index (χ2v) is 3.84. The van der Waals surface area contributed by atoms with Gasteiger partial charge in [-0.2, -0.15) is 0 Å². The zero-order chi connectivity index (χ0) is 11.8. The summed E-state index contributed by atoms with van der Waals surface area (Å²) in [5.74, 6) is -0.0300. The van der Waals surface area contributed by atoms with Crippen LogP contribution in [0.2, 0.25) is 0 Å². The average Bonchev–Trinajstić information content (AvgIpc) is 2.29. The van der Waals surface area contributed by atoms with Gasteiger partial charge in [-0.25, -0.2) is 4.39 Å². The Labute approximate surface area is 96.8 Å². The Morgan fingerprint density at radius 2 is 2.06 bits per heavy atom. The molecule has 3 heteroatoms. The molecule has 0 heterocycles. The highest BCUT2D eigenvalue weighted by Crippen LogP contribution is 2.20. The number of hydrogen-bond acceptors (Lipinski definition) is 2. The van der Waals surface area contributed by atoms with Crippen LogP contribution in [0.5, 0.6) is 5.75 Å². The van der Waals surface area contributed by atoms with Crippen LogP contribution in [0.15, 0.2) is 18.2 Å². The van der Waals surface area contributed by atoms with Crippen LogP contribution in [0.3, 0.4) is 0 Å². The zero-order valence-corrected chi connectivity index (χ0v) is 10.1. The third-order valence-corrected chi connectivity index (χ3v) is 2.51. The van der Waals surface area contributed by atoms with Crippen LogP contribution in [-0.4, -0.2) is 13.7 Å². The van der Waals surface area contributed by atoms with Crippen molar-refractivity contribution in [3.63, 3.8) is 0 Å². The maximum absolute atomic E-state index is 13.3. The molecule has 0 atom stereocenters. The number of rotatable bonds is 7. The maximum Gasteiger partial charge on any atom is 0.167 e. The van der Waals surface area contributed by atoms with Gasteiger partial charge in [0.05, 0.1) is 7.11 Å². The molecule has 0 amide bonds. The van der Waals surface area contributed by atoms with Gasteiger partial charge >= 0.3 is 0 Å². The Kier molecular flexibility index (Phi) is 5.68. The highest BCUT2D eigenvalue weighted by Gasteiger charge is 2.02. The molecule has 0 saturated heterocycles. The van der Waals surface area contributed by atoms with Crippen LogP contribution in [-0.2, 0) is 0 Å². The molecule has 0 aliphatic heterocycles. The van der Waals surface area contributed by atoms with Gasteiger partial charge in [-0.3, -0.25) is 0 Å². The van der Waals surface area contributed by atoms with Crippen molar-refractivity contribution in [2.75, 3.05) is 19.0 Å². The van der Waals surface area contributed by atoms with E-state index in [0.29, 0.717) is 0 Å². The van der Waals surface area contributed by atoms with E-state index in [-0.39, 0.29) is 11.6 Å². The molecular weight excluding hydrogens is 205 g/mol. The quantitative estimate of drug-likeness (QED) is 0.712. The van der Waals surface area contributed by atoms with E-state index >= 15 is 0 Å². The molecule has 16 heavy (non-hydrogen) atoms. The Balaban J connectivity index is 2.34. The molecule has 0 aliphatic rings. The molecule has 1 aromatic carbocycles. The minimum atomic E-state index is -0.318. The summed E-state index contributed by atoms with van der Waals surface area (Å²) in [4.78, 5) is 0.